The van der Waals surface area contributed by atoms with Crippen LogP contribution in [0.3, 0.4) is 0 Å². The lowest BCUT2D eigenvalue weighted by atomic mass is 9.82. The van der Waals surface area contributed by atoms with Gasteiger partial charge in [0.05, 0.1) is 33.0 Å². The van der Waals surface area contributed by atoms with Gasteiger partial charge in [0.1, 0.15) is 0 Å². The molecule has 7 nitrogen and oxygen atoms in total. The molecule has 1 aromatic carbocycles. The molecule has 3 heterocycles. The Balaban J connectivity index is 1.44. The summed E-state index contributed by atoms with van der Waals surface area (Å²) in [5.74, 6) is 0.107. The zero-order valence-corrected chi connectivity index (χ0v) is 14.7. The Bertz CT molecular complexity index is 686. The highest BCUT2D eigenvalue weighted by Gasteiger charge is 2.51. The summed E-state index contributed by atoms with van der Waals surface area (Å²) in [6.07, 6.45) is 0. The van der Waals surface area contributed by atoms with Crippen LogP contribution in [0, 0.1) is 11.3 Å². The molecule has 2 atom stereocenters. The van der Waals surface area contributed by atoms with E-state index < -0.39 is 0 Å². The summed E-state index contributed by atoms with van der Waals surface area (Å²) in [6.45, 7) is 4.58. The van der Waals surface area contributed by atoms with Crippen molar-refractivity contribution in [3.05, 3.63) is 35.4 Å². The van der Waals surface area contributed by atoms with E-state index in [9.17, 15) is 14.7 Å². The fourth-order valence-corrected chi connectivity index (χ4v) is 4.10. The summed E-state index contributed by atoms with van der Waals surface area (Å²) in [7, 11) is 0. The predicted molar refractivity (Wildman–Crippen MR) is 92.9 cm³/mol. The smallest absolute Gasteiger partial charge is 0.254 e. The number of likely N-dealkylation sites (tertiary alicyclic amines) is 1. The quantitative estimate of drug-likeness (QED) is 0.835. The Morgan fingerprint density at radius 1 is 1.04 bits per heavy atom. The second-order valence-electron chi connectivity index (χ2n) is 7.40. The van der Waals surface area contributed by atoms with E-state index in [1.807, 2.05) is 0 Å². The molecule has 2 amide bonds. The normalized spacial score (nSPS) is 28.3. The number of amides is 2. The van der Waals surface area contributed by atoms with Gasteiger partial charge in [-0.1, -0.05) is 0 Å². The molecule has 0 bridgehead atoms. The first-order valence-electron chi connectivity index (χ1n) is 9.08. The molecule has 1 N–H and O–H groups in total. The van der Waals surface area contributed by atoms with Gasteiger partial charge in [-0.3, -0.25) is 9.59 Å². The molecule has 26 heavy (non-hydrogen) atoms. The van der Waals surface area contributed by atoms with Crippen molar-refractivity contribution in [2.45, 2.75) is 0 Å². The molecule has 4 rings (SSSR count). The van der Waals surface area contributed by atoms with E-state index in [0.29, 0.717) is 63.7 Å². The number of rotatable bonds is 3. The molecule has 0 radical (unpaired) electrons. The second-order valence-corrected chi connectivity index (χ2v) is 7.40. The number of nitrogens with zero attached hydrogens (tertiary/aromatic N) is 2. The molecular weight excluding hydrogens is 336 g/mol. The van der Waals surface area contributed by atoms with Crippen LogP contribution in [0.2, 0.25) is 0 Å². The van der Waals surface area contributed by atoms with Gasteiger partial charge in [0.25, 0.3) is 11.8 Å². The van der Waals surface area contributed by atoms with Crippen molar-refractivity contribution < 1.29 is 24.2 Å². The molecule has 7 heteroatoms. The minimum Gasteiger partial charge on any atom is -0.396 e. The van der Waals surface area contributed by atoms with Crippen LogP contribution in [0.25, 0.3) is 0 Å². The van der Waals surface area contributed by atoms with Crippen LogP contribution in [-0.2, 0) is 9.47 Å². The van der Waals surface area contributed by atoms with E-state index in [-0.39, 0.29) is 29.8 Å². The highest BCUT2D eigenvalue weighted by Crippen LogP contribution is 2.41. The summed E-state index contributed by atoms with van der Waals surface area (Å²) < 4.78 is 10.8. The maximum Gasteiger partial charge on any atom is 0.254 e. The van der Waals surface area contributed by atoms with Crippen LogP contribution in [0.4, 0.5) is 0 Å². The molecule has 0 spiro atoms. The van der Waals surface area contributed by atoms with Crippen molar-refractivity contribution in [2.24, 2.45) is 11.3 Å². The summed E-state index contributed by atoms with van der Waals surface area (Å²) in [4.78, 5) is 28.9. The molecule has 3 saturated heterocycles. The third-order valence-corrected chi connectivity index (χ3v) is 5.80. The first-order chi connectivity index (χ1) is 12.6. The van der Waals surface area contributed by atoms with Crippen molar-refractivity contribution in [3.8, 4) is 0 Å². The molecule has 140 valence electrons. The van der Waals surface area contributed by atoms with E-state index >= 15 is 0 Å². The van der Waals surface area contributed by atoms with Gasteiger partial charge in [0, 0.05) is 48.6 Å². The van der Waals surface area contributed by atoms with Gasteiger partial charge >= 0.3 is 0 Å². The Morgan fingerprint density at radius 2 is 1.65 bits per heavy atom. The lowest BCUT2D eigenvalue weighted by Crippen LogP contribution is -2.40. The molecule has 0 aromatic heterocycles. The Labute approximate surface area is 152 Å². The largest absolute Gasteiger partial charge is 0.396 e. The molecule has 0 aliphatic carbocycles. The number of benzene rings is 1. The van der Waals surface area contributed by atoms with Crippen LogP contribution in [0.15, 0.2) is 24.3 Å². The number of aliphatic hydroxyl groups is 1. The zero-order valence-electron chi connectivity index (χ0n) is 14.7. The number of carbonyl (C=O) groups excluding carboxylic acids is 2. The third-order valence-electron chi connectivity index (χ3n) is 5.80. The Morgan fingerprint density at radius 3 is 2.23 bits per heavy atom. The van der Waals surface area contributed by atoms with Crippen molar-refractivity contribution in [1.82, 2.24) is 9.80 Å². The maximum atomic E-state index is 12.8. The average molecular weight is 360 g/mol. The topological polar surface area (TPSA) is 79.3 Å². The standard InChI is InChI=1S/C19H24N2O5/c22-12-19-11-21(9-16(19)10-26-13-19)18(24)15-3-1-14(2-4-15)17(23)20-5-7-25-8-6-20/h1-4,16,22H,5-13H2/t16-,19-/m0/s1. The van der Waals surface area contributed by atoms with Crippen LogP contribution >= 0.6 is 0 Å². The minimum absolute atomic E-state index is 0.0283. The third kappa shape index (κ3) is 3.00. The minimum atomic E-state index is -0.318. The fourth-order valence-electron chi connectivity index (χ4n) is 4.10. The van der Waals surface area contributed by atoms with E-state index in [1.165, 1.54) is 0 Å². The molecule has 3 aliphatic heterocycles. The van der Waals surface area contributed by atoms with Gasteiger partial charge in [0.2, 0.25) is 0 Å². The molecule has 0 saturated carbocycles. The Hall–Kier alpha value is -1.96. The van der Waals surface area contributed by atoms with Crippen molar-refractivity contribution in [1.29, 1.82) is 0 Å². The number of aliphatic hydroxyl groups excluding tert-OH is 1. The zero-order chi connectivity index (χ0) is 18.1. The number of ether oxygens (including phenoxy) is 2. The van der Waals surface area contributed by atoms with E-state index in [2.05, 4.69) is 0 Å². The number of fused-ring (bicyclic) bond motifs is 1. The van der Waals surface area contributed by atoms with Gasteiger partial charge in [-0.25, -0.2) is 0 Å². The van der Waals surface area contributed by atoms with Crippen molar-refractivity contribution >= 4 is 11.8 Å². The molecule has 3 aliphatic rings. The monoisotopic (exact) mass is 360 g/mol. The number of carbonyl (C=O) groups is 2. The number of morpholine rings is 1. The maximum absolute atomic E-state index is 12.8. The van der Waals surface area contributed by atoms with Crippen LogP contribution in [0.1, 0.15) is 20.7 Å². The van der Waals surface area contributed by atoms with Gasteiger partial charge in [0.15, 0.2) is 0 Å². The SMILES string of the molecule is O=C(c1ccc(C(=O)N2C[C@H]3COC[C@@]3(CO)C2)cc1)N1CCOCC1. The van der Waals surface area contributed by atoms with Gasteiger partial charge in [-0.05, 0) is 24.3 Å². The summed E-state index contributed by atoms with van der Waals surface area (Å²) >= 11 is 0. The molecular formula is C19H24N2O5. The first kappa shape index (κ1) is 17.5. The molecule has 3 fully saturated rings. The lowest BCUT2D eigenvalue weighted by Gasteiger charge is -2.27. The van der Waals surface area contributed by atoms with Gasteiger partial charge in [-0.2, -0.15) is 0 Å². The van der Waals surface area contributed by atoms with E-state index in [0.717, 1.165) is 0 Å². The van der Waals surface area contributed by atoms with Crippen LogP contribution < -0.4 is 0 Å². The lowest BCUT2D eigenvalue weighted by molar-refractivity contribution is 0.0303. The number of hydrogen-bond donors (Lipinski definition) is 1. The number of hydrogen-bond acceptors (Lipinski definition) is 5. The van der Waals surface area contributed by atoms with E-state index in [1.54, 1.807) is 34.1 Å². The Kier molecular flexibility index (Phi) is 4.69. The molecule has 1 aromatic rings. The highest BCUT2D eigenvalue weighted by atomic mass is 16.5. The summed E-state index contributed by atoms with van der Waals surface area (Å²) in [5, 5.41) is 9.75. The van der Waals surface area contributed by atoms with Crippen molar-refractivity contribution in [3.63, 3.8) is 0 Å². The van der Waals surface area contributed by atoms with Gasteiger partial charge in [-0.15, -0.1) is 0 Å². The highest BCUT2D eigenvalue weighted by molar-refractivity contribution is 5.98. The second kappa shape index (κ2) is 6.98. The average Bonchev–Trinajstić information content (AvgIpc) is 3.25. The van der Waals surface area contributed by atoms with E-state index in [4.69, 9.17) is 9.47 Å². The first-order valence-corrected chi connectivity index (χ1v) is 9.08. The van der Waals surface area contributed by atoms with Crippen LogP contribution in [-0.4, -0.2) is 85.9 Å². The molecule has 0 unspecified atom stereocenters. The van der Waals surface area contributed by atoms with Crippen LogP contribution in [0.5, 0.6) is 0 Å². The van der Waals surface area contributed by atoms with Crippen molar-refractivity contribution in [2.75, 3.05) is 59.2 Å². The summed E-state index contributed by atoms with van der Waals surface area (Å²) in [6, 6.07) is 6.86. The predicted octanol–water partition coefficient (Wildman–Crippen LogP) is 0.240. The van der Waals surface area contributed by atoms with Gasteiger partial charge < -0.3 is 24.4 Å². The summed E-state index contributed by atoms with van der Waals surface area (Å²) in [5.41, 5.74) is 0.835. The fraction of sp³-hybridized carbons (Fsp3) is 0.579.